The molecule has 1 aliphatic heterocycles. The predicted octanol–water partition coefficient (Wildman–Crippen LogP) is 3.59. The molecule has 2 aromatic rings. The first-order chi connectivity index (χ1) is 11.6. The molecule has 0 amide bonds. The molecule has 1 aliphatic rings. The monoisotopic (exact) mass is 343 g/mol. The summed E-state index contributed by atoms with van der Waals surface area (Å²) in [6, 6.07) is 15.2. The summed E-state index contributed by atoms with van der Waals surface area (Å²) >= 11 is 5.93. The zero-order valence-electron chi connectivity index (χ0n) is 13.8. The molecule has 0 saturated carbocycles. The summed E-state index contributed by atoms with van der Waals surface area (Å²) in [7, 11) is 0. The number of hydrogen-bond donors (Lipinski definition) is 1. The number of benzene rings is 2. The lowest BCUT2D eigenvalue weighted by Crippen LogP contribution is -2.43. The lowest BCUT2D eigenvalue weighted by atomic mass is 10.1. The lowest BCUT2D eigenvalue weighted by molar-refractivity contribution is 0.130. The van der Waals surface area contributed by atoms with E-state index < -0.39 is 0 Å². The molecule has 0 aliphatic carbocycles. The second-order valence-electron chi connectivity index (χ2n) is 6.09. The predicted molar refractivity (Wildman–Crippen MR) is 98.6 cm³/mol. The average molecular weight is 344 g/mol. The molecule has 1 heterocycles. The molecule has 2 aromatic carbocycles. The van der Waals surface area contributed by atoms with Gasteiger partial charge in [-0.25, -0.2) is 0 Å². The summed E-state index contributed by atoms with van der Waals surface area (Å²) in [5.74, 6) is 0.280. The highest BCUT2D eigenvalue weighted by Gasteiger charge is 2.16. The molecule has 1 N–H and O–H groups in total. The standard InChI is InChI=1S/C19H22ClN3O/c1-15(17-4-8-19(24)9-5-17)21-23-12-10-22(11-13-23)14-16-2-6-18(20)7-3-16/h2-9,24H,10-14H2,1H3/b21-15+. The Morgan fingerprint density at radius 1 is 1.00 bits per heavy atom. The van der Waals surface area contributed by atoms with Gasteiger partial charge in [-0.2, -0.15) is 5.10 Å². The van der Waals surface area contributed by atoms with Crippen molar-refractivity contribution in [1.29, 1.82) is 0 Å². The van der Waals surface area contributed by atoms with E-state index in [2.05, 4.69) is 22.0 Å². The van der Waals surface area contributed by atoms with Gasteiger partial charge in [0.25, 0.3) is 0 Å². The molecule has 1 fully saturated rings. The van der Waals surface area contributed by atoms with Crippen LogP contribution in [0.1, 0.15) is 18.1 Å². The largest absolute Gasteiger partial charge is 0.508 e. The van der Waals surface area contributed by atoms with Crippen molar-refractivity contribution in [3.8, 4) is 5.75 Å². The minimum Gasteiger partial charge on any atom is -0.508 e. The van der Waals surface area contributed by atoms with E-state index in [-0.39, 0.29) is 5.75 Å². The maximum absolute atomic E-state index is 9.36. The van der Waals surface area contributed by atoms with Gasteiger partial charge in [0.1, 0.15) is 5.75 Å². The fourth-order valence-electron chi connectivity index (χ4n) is 2.82. The summed E-state index contributed by atoms with van der Waals surface area (Å²) in [6.45, 7) is 6.79. The van der Waals surface area contributed by atoms with Gasteiger partial charge in [-0.15, -0.1) is 0 Å². The maximum atomic E-state index is 9.36. The van der Waals surface area contributed by atoms with Crippen LogP contribution in [0.15, 0.2) is 53.6 Å². The van der Waals surface area contributed by atoms with Crippen molar-refractivity contribution in [1.82, 2.24) is 9.91 Å². The van der Waals surface area contributed by atoms with Gasteiger partial charge in [0.15, 0.2) is 0 Å². The van der Waals surface area contributed by atoms with Crippen LogP contribution in [-0.2, 0) is 6.54 Å². The fraction of sp³-hybridized carbons (Fsp3) is 0.316. The van der Waals surface area contributed by atoms with Crippen LogP contribution < -0.4 is 0 Å². The highest BCUT2D eigenvalue weighted by molar-refractivity contribution is 6.30. The Balaban J connectivity index is 1.53. The third kappa shape index (κ3) is 4.49. The van der Waals surface area contributed by atoms with E-state index in [9.17, 15) is 5.11 Å². The van der Waals surface area contributed by atoms with Gasteiger partial charge in [0.2, 0.25) is 0 Å². The van der Waals surface area contributed by atoms with Gasteiger partial charge < -0.3 is 5.11 Å². The number of rotatable bonds is 4. The van der Waals surface area contributed by atoms with Crippen LogP contribution in [0.4, 0.5) is 0 Å². The van der Waals surface area contributed by atoms with Crippen molar-refractivity contribution in [2.45, 2.75) is 13.5 Å². The van der Waals surface area contributed by atoms with Crippen LogP contribution in [0.5, 0.6) is 5.75 Å². The summed E-state index contributed by atoms with van der Waals surface area (Å²) in [5.41, 5.74) is 3.30. The Hall–Kier alpha value is -2.04. The van der Waals surface area contributed by atoms with Crippen molar-refractivity contribution in [3.05, 3.63) is 64.7 Å². The number of phenols is 1. The van der Waals surface area contributed by atoms with Gasteiger partial charge in [0, 0.05) is 37.7 Å². The average Bonchev–Trinajstić information content (AvgIpc) is 2.59. The topological polar surface area (TPSA) is 39.1 Å². The Morgan fingerprint density at radius 2 is 1.62 bits per heavy atom. The van der Waals surface area contributed by atoms with Gasteiger partial charge in [-0.05, 0) is 54.4 Å². The molecular formula is C19H22ClN3O. The van der Waals surface area contributed by atoms with E-state index in [1.54, 1.807) is 12.1 Å². The Labute approximate surface area is 148 Å². The van der Waals surface area contributed by atoms with Gasteiger partial charge in [0.05, 0.1) is 5.71 Å². The van der Waals surface area contributed by atoms with Gasteiger partial charge in [-0.1, -0.05) is 23.7 Å². The van der Waals surface area contributed by atoms with Gasteiger partial charge >= 0.3 is 0 Å². The lowest BCUT2D eigenvalue weighted by Gasteiger charge is -2.33. The molecule has 0 atom stereocenters. The number of piperazine rings is 1. The molecule has 0 spiro atoms. The van der Waals surface area contributed by atoms with E-state index in [1.165, 1.54) is 5.56 Å². The molecule has 0 aromatic heterocycles. The first-order valence-corrected chi connectivity index (χ1v) is 8.54. The molecule has 0 bridgehead atoms. The third-order valence-electron chi connectivity index (χ3n) is 4.24. The smallest absolute Gasteiger partial charge is 0.115 e. The molecule has 0 radical (unpaired) electrons. The number of halogens is 1. The van der Waals surface area contributed by atoms with E-state index in [4.69, 9.17) is 16.7 Å². The molecule has 4 nitrogen and oxygen atoms in total. The summed E-state index contributed by atoms with van der Waals surface area (Å²) in [4.78, 5) is 2.44. The number of hydrogen-bond acceptors (Lipinski definition) is 4. The number of hydrazone groups is 1. The van der Waals surface area contributed by atoms with Crippen molar-refractivity contribution in [2.24, 2.45) is 5.10 Å². The SMILES string of the molecule is C/C(=N\N1CCN(Cc2ccc(Cl)cc2)CC1)c1ccc(O)cc1. The summed E-state index contributed by atoms with van der Waals surface area (Å²) in [6.07, 6.45) is 0. The first kappa shape index (κ1) is 16.8. The molecule has 0 unspecified atom stereocenters. The van der Waals surface area contributed by atoms with Crippen LogP contribution in [0, 0.1) is 0 Å². The third-order valence-corrected chi connectivity index (χ3v) is 4.50. The number of aromatic hydroxyl groups is 1. The summed E-state index contributed by atoms with van der Waals surface area (Å²) < 4.78 is 0. The van der Waals surface area contributed by atoms with Crippen molar-refractivity contribution < 1.29 is 5.11 Å². The summed E-state index contributed by atoms with van der Waals surface area (Å²) in [5, 5.41) is 17.0. The highest BCUT2D eigenvalue weighted by Crippen LogP contribution is 2.14. The van der Waals surface area contributed by atoms with E-state index in [0.717, 1.165) is 49.0 Å². The van der Waals surface area contributed by atoms with E-state index in [0.29, 0.717) is 0 Å². The molecule has 126 valence electrons. The number of nitrogens with zero attached hydrogens (tertiary/aromatic N) is 3. The van der Waals surface area contributed by atoms with Crippen LogP contribution >= 0.6 is 11.6 Å². The van der Waals surface area contributed by atoms with Crippen LogP contribution in [0.25, 0.3) is 0 Å². The number of phenolic OH excluding ortho intramolecular Hbond substituents is 1. The van der Waals surface area contributed by atoms with E-state index >= 15 is 0 Å². The van der Waals surface area contributed by atoms with Crippen molar-refractivity contribution in [2.75, 3.05) is 26.2 Å². The van der Waals surface area contributed by atoms with Crippen molar-refractivity contribution in [3.63, 3.8) is 0 Å². The van der Waals surface area contributed by atoms with Crippen LogP contribution in [0.2, 0.25) is 5.02 Å². The van der Waals surface area contributed by atoms with Crippen LogP contribution in [0.3, 0.4) is 0 Å². The zero-order valence-corrected chi connectivity index (χ0v) is 14.6. The van der Waals surface area contributed by atoms with E-state index in [1.807, 2.05) is 31.2 Å². The quantitative estimate of drug-likeness (QED) is 0.862. The molecule has 3 rings (SSSR count). The second-order valence-corrected chi connectivity index (χ2v) is 6.52. The zero-order chi connectivity index (χ0) is 16.9. The molecule has 24 heavy (non-hydrogen) atoms. The molecular weight excluding hydrogens is 322 g/mol. The Bertz CT molecular complexity index is 690. The molecule has 1 saturated heterocycles. The first-order valence-electron chi connectivity index (χ1n) is 8.16. The fourth-order valence-corrected chi connectivity index (χ4v) is 2.94. The minimum absolute atomic E-state index is 0.280. The normalized spacial score (nSPS) is 16.4. The molecule has 5 heteroatoms. The maximum Gasteiger partial charge on any atom is 0.115 e. The van der Waals surface area contributed by atoms with Crippen LogP contribution in [-0.4, -0.2) is 46.9 Å². The van der Waals surface area contributed by atoms with Crippen molar-refractivity contribution >= 4 is 17.3 Å². The minimum atomic E-state index is 0.280. The van der Waals surface area contributed by atoms with Gasteiger partial charge in [-0.3, -0.25) is 9.91 Å². The highest BCUT2D eigenvalue weighted by atomic mass is 35.5. The Kier molecular flexibility index (Phi) is 5.38. The Morgan fingerprint density at radius 3 is 2.25 bits per heavy atom. The second kappa shape index (κ2) is 7.69.